The van der Waals surface area contributed by atoms with Crippen LogP contribution in [-0.2, 0) is 14.8 Å². The number of carbonyl (C=O) groups is 1. The number of benzene rings is 1. The van der Waals surface area contributed by atoms with Gasteiger partial charge in [-0.2, -0.15) is 0 Å². The van der Waals surface area contributed by atoms with Gasteiger partial charge in [0.1, 0.15) is 19.3 Å². The van der Waals surface area contributed by atoms with Crippen LogP contribution >= 0.6 is 0 Å². The highest BCUT2D eigenvalue weighted by atomic mass is 32.2. The zero-order chi connectivity index (χ0) is 18.0. The van der Waals surface area contributed by atoms with Crippen molar-refractivity contribution in [3.05, 3.63) is 18.2 Å². The standard InChI is InChI=1S/C17H24N2O5S/c1-12(17(20)18-13-5-3-4-6-13)19(25(2,21)22)14-7-8-15-16(11-14)24-10-9-23-15/h7-8,11-13H,3-6,9-10H2,1-2H3,(H,18,20)/t12-/m1/s1. The third kappa shape index (κ3) is 4.00. The lowest BCUT2D eigenvalue weighted by atomic mass is 10.2. The predicted octanol–water partition coefficient (Wildman–Crippen LogP) is 1.67. The first-order valence-electron chi connectivity index (χ1n) is 8.55. The number of nitrogens with one attached hydrogen (secondary N) is 1. The molecule has 0 aromatic heterocycles. The zero-order valence-electron chi connectivity index (χ0n) is 14.5. The van der Waals surface area contributed by atoms with Gasteiger partial charge in [0.2, 0.25) is 15.9 Å². The highest BCUT2D eigenvalue weighted by molar-refractivity contribution is 7.92. The number of sulfonamides is 1. The summed E-state index contributed by atoms with van der Waals surface area (Å²) in [4.78, 5) is 12.6. The molecule has 3 rings (SSSR count). The molecule has 1 saturated carbocycles. The zero-order valence-corrected chi connectivity index (χ0v) is 15.3. The predicted molar refractivity (Wildman–Crippen MR) is 94.6 cm³/mol. The molecule has 25 heavy (non-hydrogen) atoms. The molecule has 8 heteroatoms. The van der Waals surface area contributed by atoms with Gasteiger partial charge < -0.3 is 14.8 Å². The lowest BCUT2D eigenvalue weighted by Gasteiger charge is -2.30. The van der Waals surface area contributed by atoms with Crippen molar-refractivity contribution in [2.75, 3.05) is 23.8 Å². The van der Waals surface area contributed by atoms with Gasteiger partial charge in [0.15, 0.2) is 11.5 Å². The van der Waals surface area contributed by atoms with Crippen LogP contribution in [0.15, 0.2) is 18.2 Å². The van der Waals surface area contributed by atoms with Crippen LogP contribution in [0.25, 0.3) is 0 Å². The summed E-state index contributed by atoms with van der Waals surface area (Å²) in [6.45, 7) is 2.47. The van der Waals surface area contributed by atoms with Crippen molar-refractivity contribution in [2.45, 2.75) is 44.7 Å². The summed E-state index contributed by atoms with van der Waals surface area (Å²) in [5, 5.41) is 2.96. The summed E-state index contributed by atoms with van der Waals surface area (Å²) >= 11 is 0. The number of hydrogen-bond acceptors (Lipinski definition) is 5. The molecule has 1 N–H and O–H groups in total. The van der Waals surface area contributed by atoms with Crippen molar-refractivity contribution in [1.82, 2.24) is 5.32 Å². The summed E-state index contributed by atoms with van der Waals surface area (Å²) in [5.74, 6) is 0.777. The minimum absolute atomic E-state index is 0.136. The topological polar surface area (TPSA) is 84.9 Å². The van der Waals surface area contributed by atoms with E-state index in [1.54, 1.807) is 25.1 Å². The Balaban J connectivity index is 1.85. The first-order chi connectivity index (χ1) is 11.9. The molecule has 0 radical (unpaired) electrons. The monoisotopic (exact) mass is 368 g/mol. The second-order valence-electron chi connectivity index (χ2n) is 6.55. The van der Waals surface area contributed by atoms with Crippen LogP contribution in [0, 0.1) is 0 Å². The number of fused-ring (bicyclic) bond motifs is 1. The van der Waals surface area contributed by atoms with E-state index < -0.39 is 16.1 Å². The molecule has 0 saturated heterocycles. The van der Waals surface area contributed by atoms with Crippen LogP contribution in [0.3, 0.4) is 0 Å². The van der Waals surface area contributed by atoms with Gasteiger partial charge in [0.25, 0.3) is 0 Å². The number of amides is 1. The Morgan fingerprint density at radius 3 is 2.48 bits per heavy atom. The van der Waals surface area contributed by atoms with Crippen LogP contribution in [0.5, 0.6) is 11.5 Å². The van der Waals surface area contributed by atoms with Gasteiger partial charge in [-0.3, -0.25) is 9.10 Å². The van der Waals surface area contributed by atoms with E-state index in [9.17, 15) is 13.2 Å². The van der Waals surface area contributed by atoms with Crippen LogP contribution in [0.2, 0.25) is 0 Å². The van der Waals surface area contributed by atoms with E-state index in [4.69, 9.17) is 9.47 Å². The molecule has 0 spiro atoms. The second-order valence-corrected chi connectivity index (χ2v) is 8.41. The van der Waals surface area contributed by atoms with Crippen LogP contribution in [-0.4, -0.2) is 45.9 Å². The first-order valence-corrected chi connectivity index (χ1v) is 10.4. The molecule has 138 valence electrons. The number of nitrogens with zero attached hydrogens (tertiary/aromatic N) is 1. The minimum atomic E-state index is -3.65. The molecule has 1 atom stereocenters. The van der Waals surface area contributed by atoms with E-state index in [-0.39, 0.29) is 11.9 Å². The van der Waals surface area contributed by atoms with Crippen molar-refractivity contribution >= 4 is 21.6 Å². The van der Waals surface area contributed by atoms with Crippen molar-refractivity contribution in [3.63, 3.8) is 0 Å². The average Bonchev–Trinajstić information content (AvgIpc) is 3.06. The Hall–Kier alpha value is -1.96. The van der Waals surface area contributed by atoms with E-state index in [0.717, 1.165) is 36.2 Å². The highest BCUT2D eigenvalue weighted by Crippen LogP contribution is 2.35. The fourth-order valence-corrected chi connectivity index (χ4v) is 4.54. The molecule has 1 aliphatic heterocycles. The molecular formula is C17H24N2O5S. The van der Waals surface area contributed by atoms with Crippen molar-refractivity contribution < 1.29 is 22.7 Å². The number of rotatable bonds is 5. The number of carbonyl (C=O) groups excluding carboxylic acids is 1. The van der Waals surface area contributed by atoms with Crippen molar-refractivity contribution in [2.24, 2.45) is 0 Å². The van der Waals surface area contributed by atoms with Gasteiger partial charge in [-0.05, 0) is 31.9 Å². The third-order valence-electron chi connectivity index (χ3n) is 4.57. The summed E-state index contributed by atoms with van der Waals surface area (Å²) < 4.78 is 36.8. The SMILES string of the molecule is C[C@H](C(=O)NC1CCCC1)N(c1ccc2c(c1)OCCO2)S(C)(=O)=O. The maximum Gasteiger partial charge on any atom is 0.243 e. The Bertz CT molecular complexity index is 743. The van der Waals surface area contributed by atoms with Crippen LogP contribution in [0.1, 0.15) is 32.6 Å². The molecule has 1 aromatic carbocycles. The molecule has 0 bridgehead atoms. The van der Waals surface area contributed by atoms with E-state index in [2.05, 4.69) is 5.32 Å². The number of ether oxygens (including phenoxy) is 2. The quantitative estimate of drug-likeness (QED) is 0.855. The number of anilines is 1. The molecule has 1 heterocycles. The van der Waals surface area contributed by atoms with Gasteiger partial charge in [-0.25, -0.2) is 8.42 Å². The third-order valence-corrected chi connectivity index (χ3v) is 5.81. The molecule has 1 aliphatic carbocycles. The van der Waals surface area contributed by atoms with Crippen LogP contribution in [0.4, 0.5) is 5.69 Å². The van der Waals surface area contributed by atoms with Gasteiger partial charge >= 0.3 is 0 Å². The Morgan fingerprint density at radius 2 is 1.84 bits per heavy atom. The summed E-state index contributed by atoms with van der Waals surface area (Å²) in [7, 11) is -3.65. The van der Waals surface area contributed by atoms with Crippen molar-refractivity contribution in [1.29, 1.82) is 0 Å². The Kier molecular flexibility index (Phi) is 5.08. The molecular weight excluding hydrogens is 344 g/mol. The Labute approximate surface area is 148 Å². The highest BCUT2D eigenvalue weighted by Gasteiger charge is 2.31. The normalized spacial score (nSPS) is 18.6. The summed E-state index contributed by atoms with van der Waals surface area (Å²) in [6, 6.07) is 4.20. The lowest BCUT2D eigenvalue weighted by Crippen LogP contribution is -2.50. The molecule has 2 aliphatic rings. The summed E-state index contributed by atoms with van der Waals surface area (Å²) in [5.41, 5.74) is 0.390. The maximum absolute atomic E-state index is 12.6. The minimum Gasteiger partial charge on any atom is -0.486 e. The fraction of sp³-hybridized carbons (Fsp3) is 0.588. The Morgan fingerprint density at radius 1 is 1.20 bits per heavy atom. The second kappa shape index (κ2) is 7.11. The fourth-order valence-electron chi connectivity index (χ4n) is 3.37. The maximum atomic E-state index is 12.6. The van der Waals surface area contributed by atoms with E-state index in [0.29, 0.717) is 30.4 Å². The lowest BCUT2D eigenvalue weighted by molar-refractivity contribution is -0.122. The average molecular weight is 368 g/mol. The van der Waals surface area contributed by atoms with E-state index >= 15 is 0 Å². The van der Waals surface area contributed by atoms with E-state index in [1.165, 1.54) is 0 Å². The molecule has 1 amide bonds. The molecule has 1 fully saturated rings. The smallest absolute Gasteiger partial charge is 0.243 e. The summed E-state index contributed by atoms with van der Waals surface area (Å²) in [6.07, 6.45) is 5.18. The largest absolute Gasteiger partial charge is 0.486 e. The van der Waals surface area contributed by atoms with Gasteiger partial charge in [-0.1, -0.05) is 12.8 Å². The molecule has 0 unspecified atom stereocenters. The van der Waals surface area contributed by atoms with Crippen molar-refractivity contribution in [3.8, 4) is 11.5 Å². The van der Waals surface area contributed by atoms with Crippen LogP contribution < -0.4 is 19.1 Å². The number of hydrogen-bond donors (Lipinski definition) is 1. The van der Waals surface area contributed by atoms with Gasteiger partial charge in [0, 0.05) is 12.1 Å². The van der Waals surface area contributed by atoms with Gasteiger partial charge in [-0.15, -0.1) is 0 Å². The van der Waals surface area contributed by atoms with E-state index in [1.807, 2.05) is 0 Å². The van der Waals surface area contributed by atoms with Gasteiger partial charge in [0.05, 0.1) is 11.9 Å². The first kappa shape index (κ1) is 17.8. The molecule has 1 aromatic rings. The molecule has 7 nitrogen and oxygen atoms in total.